The van der Waals surface area contributed by atoms with Crippen molar-refractivity contribution in [3.05, 3.63) is 40.0 Å². The highest BCUT2D eigenvalue weighted by atomic mass is 16.6. The van der Waals surface area contributed by atoms with E-state index in [9.17, 15) is 14.9 Å². The zero-order valence-electron chi connectivity index (χ0n) is 14.6. The number of aliphatic carboxylic acids is 1. The highest BCUT2D eigenvalue weighted by Gasteiger charge is 2.20. The minimum Gasteiger partial charge on any atom is -0.478 e. The number of unbranched alkanes of at least 4 members (excludes halogenated alkanes) is 2. The first-order valence-electron chi connectivity index (χ1n) is 8.35. The number of rotatable bonds is 10. The van der Waals surface area contributed by atoms with Crippen molar-refractivity contribution >= 4 is 22.9 Å². The van der Waals surface area contributed by atoms with Gasteiger partial charge in [-0.3, -0.25) is 10.1 Å². The first-order valence-corrected chi connectivity index (χ1v) is 8.35. The van der Waals surface area contributed by atoms with Crippen LogP contribution in [0.5, 0.6) is 0 Å². The number of hydrogen-bond acceptors (Lipinski definition) is 4. The molecule has 0 aromatic heterocycles. The number of carboxylic acid groups (broad SMARTS) is 1. The fourth-order valence-electron chi connectivity index (χ4n) is 2.50. The Morgan fingerprint density at radius 1 is 1.25 bits per heavy atom. The normalized spacial score (nSPS) is 11.4. The molecular weight excluding hydrogens is 308 g/mol. The molecule has 0 saturated carbocycles. The molecule has 132 valence electrons. The quantitative estimate of drug-likeness (QED) is 0.387. The molecule has 0 atom stereocenters. The fraction of sp³-hybridized carbons (Fsp3) is 0.500. The second-order valence-corrected chi connectivity index (χ2v) is 5.82. The van der Waals surface area contributed by atoms with Gasteiger partial charge in [0.1, 0.15) is 5.69 Å². The van der Waals surface area contributed by atoms with E-state index in [-0.39, 0.29) is 5.69 Å². The zero-order chi connectivity index (χ0) is 18.1. The third kappa shape index (κ3) is 5.68. The van der Waals surface area contributed by atoms with Crippen LogP contribution in [0.15, 0.2) is 24.3 Å². The van der Waals surface area contributed by atoms with Gasteiger partial charge in [-0.2, -0.15) is 0 Å². The van der Waals surface area contributed by atoms with Gasteiger partial charge < -0.3 is 10.0 Å². The van der Waals surface area contributed by atoms with Gasteiger partial charge in [-0.05, 0) is 37.0 Å². The van der Waals surface area contributed by atoms with Crippen LogP contribution < -0.4 is 4.90 Å². The first-order chi connectivity index (χ1) is 11.4. The van der Waals surface area contributed by atoms with Crippen LogP contribution in [0.3, 0.4) is 0 Å². The maximum absolute atomic E-state index is 11.5. The van der Waals surface area contributed by atoms with Gasteiger partial charge in [0.15, 0.2) is 0 Å². The molecule has 1 N–H and O–H groups in total. The van der Waals surface area contributed by atoms with E-state index >= 15 is 0 Å². The van der Waals surface area contributed by atoms with Crippen LogP contribution in [0.4, 0.5) is 11.4 Å². The van der Waals surface area contributed by atoms with Crippen LogP contribution in [0.2, 0.25) is 0 Å². The molecule has 1 aromatic rings. The molecule has 0 heterocycles. The molecule has 1 aromatic carbocycles. The largest absolute Gasteiger partial charge is 0.478 e. The Labute approximate surface area is 142 Å². The summed E-state index contributed by atoms with van der Waals surface area (Å²) in [5.41, 5.74) is 1.68. The van der Waals surface area contributed by atoms with E-state index in [1.165, 1.54) is 6.07 Å². The molecule has 0 aliphatic carbocycles. The summed E-state index contributed by atoms with van der Waals surface area (Å²) < 4.78 is 0. The van der Waals surface area contributed by atoms with Crippen molar-refractivity contribution in [2.24, 2.45) is 0 Å². The Morgan fingerprint density at radius 2 is 1.83 bits per heavy atom. The van der Waals surface area contributed by atoms with Gasteiger partial charge >= 0.3 is 5.97 Å². The van der Waals surface area contributed by atoms with Crippen molar-refractivity contribution in [2.75, 3.05) is 18.0 Å². The fourth-order valence-corrected chi connectivity index (χ4v) is 2.50. The summed E-state index contributed by atoms with van der Waals surface area (Å²) >= 11 is 0. The van der Waals surface area contributed by atoms with Crippen molar-refractivity contribution in [1.29, 1.82) is 0 Å². The number of allylic oxidation sites excluding steroid dienone is 1. The average molecular weight is 334 g/mol. The second-order valence-electron chi connectivity index (χ2n) is 5.82. The van der Waals surface area contributed by atoms with E-state index in [4.69, 9.17) is 5.11 Å². The first kappa shape index (κ1) is 19.7. The number of benzene rings is 1. The molecule has 0 unspecified atom stereocenters. The monoisotopic (exact) mass is 334 g/mol. The molecule has 1 rings (SSSR count). The second kappa shape index (κ2) is 9.70. The third-order valence-corrected chi connectivity index (χ3v) is 3.87. The molecule has 0 saturated heterocycles. The van der Waals surface area contributed by atoms with Gasteiger partial charge in [0.2, 0.25) is 0 Å². The molecule has 24 heavy (non-hydrogen) atoms. The van der Waals surface area contributed by atoms with Gasteiger partial charge in [-0.25, -0.2) is 4.79 Å². The van der Waals surface area contributed by atoms with Crippen molar-refractivity contribution in [2.45, 2.75) is 46.5 Å². The number of carboxylic acids is 1. The van der Waals surface area contributed by atoms with Gasteiger partial charge in [-0.15, -0.1) is 0 Å². The Bertz CT molecular complexity index is 603. The lowest BCUT2D eigenvalue weighted by atomic mass is 10.0. The minimum absolute atomic E-state index is 0.0258. The van der Waals surface area contributed by atoms with Crippen LogP contribution >= 0.6 is 0 Å². The molecule has 0 spiro atoms. The molecule has 0 amide bonds. The number of hydrogen-bond donors (Lipinski definition) is 1. The molecule has 0 aliphatic rings. The van der Waals surface area contributed by atoms with Crippen molar-refractivity contribution in [3.63, 3.8) is 0 Å². The Morgan fingerprint density at radius 3 is 2.29 bits per heavy atom. The molecule has 6 heteroatoms. The zero-order valence-corrected chi connectivity index (χ0v) is 14.6. The van der Waals surface area contributed by atoms with E-state index < -0.39 is 10.9 Å². The predicted molar refractivity (Wildman–Crippen MR) is 96.4 cm³/mol. The van der Waals surface area contributed by atoms with E-state index in [1.807, 2.05) is 0 Å². The smallest absolute Gasteiger partial charge is 0.328 e. The van der Waals surface area contributed by atoms with Crippen molar-refractivity contribution in [1.82, 2.24) is 0 Å². The number of carbonyl (C=O) groups is 1. The standard InChI is InChI=1S/C18H26N2O4/c1-4-6-10-19(11-7-5-2)16-9-8-15(13-17(16)20(23)24)14(3)12-18(21)22/h8-9,12-13H,4-7,10-11H2,1-3H3,(H,21,22)/b14-12+. The Hall–Kier alpha value is -2.37. The topological polar surface area (TPSA) is 83.7 Å². The van der Waals surface area contributed by atoms with Gasteiger partial charge in [0.05, 0.1) is 4.92 Å². The average Bonchev–Trinajstić information content (AvgIpc) is 2.54. The molecule has 0 bridgehead atoms. The maximum Gasteiger partial charge on any atom is 0.328 e. The van der Waals surface area contributed by atoms with Gasteiger partial charge in [0.25, 0.3) is 5.69 Å². The van der Waals surface area contributed by atoms with E-state index in [0.717, 1.165) is 44.8 Å². The van der Waals surface area contributed by atoms with E-state index in [1.54, 1.807) is 19.1 Å². The molecule has 0 fully saturated rings. The molecule has 0 radical (unpaired) electrons. The molecule has 6 nitrogen and oxygen atoms in total. The summed E-state index contributed by atoms with van der Waals surface area (Å²) in [6.07, 6.45) is 5.05. The lowest BCUT2D eigenvalue weighted by molar-refractivity contribution is -0.384. The van der Waals surface area contributed by atoms with E-state index in [0.29, 0.717) is 16.8 Å². The minimum atomic E-state index is -1.06. The highest BCUT2D eigenvalue weighted by molar-refractivity contribution is 5.90. The number of nitro benzene ring substituents is 1. The number of nitro groups is 1. The molecule has 0 aliphatic heterocycles. The summed E-state index contributed by atoms with van der Waals surface area (Å²) in [5.74, 6) is -1.06. The lowest BCUT2D eigenvalue weighted by Crippen LogP contribution is -2.26. The van der Waals surface area contributed by atoms with Crippen LogP contribution in [0, 0.1) is 10.1 Å². The summed E-state index contributed by atoms with van der Waals surface area (Å²) in [5, 5.41) is 20.4. The van der Waals surface area contributed by atoms with E-state index in [2.05, 4.69) is 18.7 Å². The van der Waals surface area contributed by atoms with Crippen LogP contribution in [-0.2, 0) is 4.79 Å². The van der Waals surface area contributed by atoms with Crippen molar-refractivity contribution < 1.29 is 14.8 Å². The summed E-state index contributed by atoms with van der Waals surface area (Å²) in [4.78, 5) is 24.0. The van der Waals surface area contributed by atoms with Crippen LogP contribution in [-0.4, -0.2) is 29.1 Å². The van der Waals surface area contributed by atoms with Crippen LogP contribution in [0.25, 0.3) is 5.57 Å². The SMILES string of the molecule is CCCCN(CCCC)c1ccc(/C(C)=C/C(=O)O)cc1[N+](=O)[O-]. The lowest BCUT2D eigenvalue weighted by Gasteiger charge is -2.24. The summed E-state index contributed by atoms with van der Waals surface area (Å²) in [6, 6.07) is 4.95. The summed E-state index contributed by atoms with van der Waals surface area (Å²) in [6.45, 7) is 7.38. The highest BCUT2D eigenvalue weighted by Crippen LogP contribution is 2.32. The number of anilines is 1. The van der Waals surface area contributed by atoms with Crippen molar-refractivity contribution in [3.8, 4) is 0 Å². The van der Waals surface area contributed by atoms with Gasteiger partial charge in [0, 0.05) is 25.2 Å². The number of nitrogens with zero attached hydrogens (tertiary/aromatic N) is 2. The summed E-state index contributed by atoms with van der Waals surface area (Å²) in [7, 11) is 0. The predicted octanol–water partition coefficient (Wildman–Crippen LogP) is 4.49. The molecular formula is C18H26N2O4. The maximum atomic E-state index is 11.5. The Kier molecular flexibility index (Phi) is 7.95. The van der Waals surface area contributed by atoms with Gasteiger partial charge in [-0.1, -0.05) is 32.8 Å². The third-order valence-electron chi connectivity index (χ3n) is 3.87. The Balaban J connectivity index is 3.25. The van der Waals surface area contributed by atoms with Crippen LogP contribution in [0.1, 0.15) is 52.0 Å².